The Morgan fingerprint density at radius 2 is 1.80 bits per heavy atom. The Morgan fingerprint density at radius 1 is 1.27 bits per heavy atom. The van der Waals surface area contributed by atoms with Gasteiger partial charge < -0.3 is 18.3 Å². The minimum Gasteiger partial charge on any atom is -0.445 e. The largest absolute Gasteiger partial charge is 0.509 e. The predicted octanol–water partition coefficient (Wildman–Crippen LogP) is 1.03. The van der Waals surface area contributed by atoms with E-state index in [2.05, 4.69) is 5.32 Å². The van der Waals surface area contributed by atoms with Crippen molar-refractivity contribution in [3.63, 3.8) is 0 Å². The molecule has 1 amide bonds. The van der Waals surface area contributed by atoms with E-state index in [0.29, 0.717) is 5.56 Å². The van der Waals surface area contributed by atoms with E-state index in [1.165, 1.54) is 19.2 Å². The summed E-state index contributed by atoms with van der Waals surface area (Å²) >= 11 is 0. The van der Waals surface area contributed by atoms with Crippen molar-refractivity contribution < 1.29 is 17.7 Å². The third-order valence-electron chi connectivity index (χ3n) is 2.00. The second-order valence-electron chi connectivity index (χ2n) is 3.17. The Morgan fingerprint density at radius 3 is 2.20 bits per heavy atom. The molecule has 0 saturated carbocycles. The summed E-state index contributed by atoms with van der Waals surface area (Å²) in [5, 5.41) is 2.40. The first-order valence-corrected chi connectivity index (χ1v) is 4.43. The zero-order valence-electron chi connectivity index (χ0n) is 8.14. The average Bonchev–Trinajstić information content (AvgIpc) is 2.17. The molecule has 0 aromatic heterocycles. The van der Waals surface area contributed by atoms with Crippen LogP contribution in [0.15, 0.2) is 24.3 Å². The summed E-state index contributed by atoms with van der Waals surface area (Å²) in [7, 11) is 1.48. The van der Waals surface area contributed by atoms with E-state index in [0.717, 1.165) is 12.1 Å². The smallest absolute Gasteiger partial charge is 0.445 e. The molecule has 0 aliphatic carbocycles. The molecule has 0 heterocycles. The summed E-state index contributed by atoms with van der Waals surface area (Å²) in [6.07, 6.45) is 0.0988. The number of likely N-dealkylation sites (N-methyl/N-ethyl adjacent to an activating group) is 1. The van der Waals surface area contributed by atoms with Crippen molar-refractivity contribution >= 4 is 18.3 Å². The van der Waals surface area contributed by atoms with Crippen LogP contribution < -0.4 is 10.8 Å². The molecular formula is C9H10BF3NO-. The van der Waals surface area contributed by atoms with Gasteiger partial charge in [-0.05, 0) is 5.56 Å². The van der Waals surface area contributed by atoms with Crippen LogP contribution >= 0.6 is 0 Å². The van der Waals surface area contributed by atoms with Crippen LogP contribution in [0.25, 0.3) is 0 Å². The second-order valence-corrected chi connectivity index (χ2v) is 3.17. The van der Waals surface area contributed by atoms with Crippen LogP contribution in [-0.2, 0) is 11.2 Å². The molecule has 0 bridgehead atoms. The van der Waals surface area contributed by atoms with Crippen LogP contribution in [0.2, 0.25) is 0 Å². The van der Waals surface area contributed by atoms with Crippen LogP contribution in [0.1, 0.15) is 5.56 Å². The highest BCUT2D eigenvalue weighted by Gasteiger charge is 2.24. The Balaban J connectivity index is 2.77. The third kappa shape index (κ3) is 3.30. The fraction of sp³-hybridized carbons (Fsp3) is 0.222. The van der Waals surface area contributed by atoms with E-state index in [9.17, 15) is 17.7 Å². The quantitative estimate of drug-likeness (QED) is 0.751. The second kappa shape index (κ2) is 4.38. The lowest BCUT2D eigenvalue weighted by Gasteiger charge is -2.14. The number of carbonyl (C=O) groups is 1. The van der Waals surface area contributed by atoms with Gasteiger partial charge in [-0.3, -0.25) is 4.79 Å². The van der Waals surface area contributed by atoms with Crippen molar-refractivity contribution in [3.8, 4) is 0 Å². The molecular weight excluding hydrogens is 206 g/mol. The van der Waals surface area contributed by atoms with Gasteiger partial charge in [-0.15, -0.1) is 5.46 Å². The number of hydrogen-bond donors (Lipinski definition) is 1. The molecule has 0 radical (unpaired) electrons. The molecule has 15 heavy (non-hydrogen) atoms. The first-order valence-electron chi connectivity index (χ1n) is 4.43. The van der Waals surface area contributed by atoms with Crippen LogP contribution in [0, 0.1) is 0 Å². The van der Waals surface area contributed by atoms with Gasteiger partial charge in [-0.2, -0.15) is 0 Å². The maximum atomic E-state index is 12.2. The van der Waals surface area contributed by atoms with Crippen LogP contribution in [0.3, 0.4) is 0 Å². The van der Waals surface area contributed by atoms with E-state index in [1.807, 2.05) is 0 Å². The summed E-state index contributed by atoms with van der Waals surface area (Å²) < 4.78 is 36.7. The minimum atomic E-state index is -4.95. The van der Waals surface area contributed by atoms with Crippen LogP contribution in [0.5, 0.6) is 0 Å². The molecule has 0 atom stereocenters. The zero-order valence-corrected chi connectivity index (χ0v) is 8.14. The highest BCUT2D eigenvalue weighted by atomic mass is 19.4. The van der Waals surface area contributed by atoms with Gasteiger partial charge in [0.15, 0.2) is 0 Å². The predicted molar refractivity (Wildman–Crippen MR) is 52.9 cm³/mol. The molecule has 1 aromatic rings. The van der Waals surface area contributed by atoms with Crippen LogP contribution in [-0.4, -0.2) is 19.9 Å². The first kappa shape index (κ1) is 11.6. The summed E-state index contributed by atoms with van der Waals surface area (Å²) in [4.78, 5) is 10.9. The molecule has 1 rings (SSSR count). The molecule has 0 spiro atoms. The zero-order chi connectivity index (χ0) is 11.5. The average molecular weight is 216 g/mol. The standard InChI is InChI=1S/C9H10BF3NO/c1-14-9(15)6-7-2-4-8(5-3-7)10(11,12)13/h2-5H,6H2,1H3,(H,14,15)/q-1. The topological polar surface area (TPSA) is 29.1 Å². The Bertz CT molecular complexity index is 347. The SMILES string of the molecule is CNC(=O)Cc1ccc([B-](F)(F)F)cc1. The number of rotatable bonds is 3. The van der Waals surface area contributed by atoms with Gasteiger partial charge in [0, 0.05) is 7.05 Å². The maximum absolute atomic E-state index is 12.2. The maximum Gasteiger partial charge on any atom is 0.509 e. The first-order chi connectivity index (χ1) is 6.93. The molecule has 1 aromatic carbocycles. The lowest BCUT2D eigenvalue weighted by Crippen LogP contribution is -2.33. The van der Waals surface area contributed by atoms with Gasteiger partial charge in [0.05, 0.1) is 6.42 Å². The molecule has 0 unspecified atom stereocenters. The summed E-state index contributed by atoms with van der Waals surface area (Å²) in [6, 6.07) is 4.64. The van der Waals surface area contributed by atoms with E-state index >= 15 is 0 Å². The van der Waals surface area contributed by atoms with Crippen molar-refractivity contribution in [2.45, 2.75) is 6.42 Å². The Kier molecular flexibility index (Phi) is 3.39. The van der Waals surface area contributed by atoms with Gasteiger partial charge >= 0.3 is 6.98 Å². The van der Waals surface area contributed by atoms with Crippen molar-refractivity contribution in [1.82, 2.24) is 5.32 Å². The molecule has 0 fully saturated rings. The van der Waals surface area contributed by atoms with Gasteiger partial charge in [-0.1, -0.05) is 24.3 Å². The fourth-order valence-corrected chi connectivity index (χ4v) is 1.13. The number of halogens is 3. The molecule has 0 aliphatic heterocycles. The fourth-order valence-electron chi connectivity index (χ4n) is 1.13. The molecule has 1 N–H and O–H groups in total. The highest BCUT2D eigenvalue weighted by molar-refractivity contribution is 6.73. The van der Waals surface area contributed by atoms with Gasteiger partial charge in [-0.25, -0.2) is 0 Å². The van der Waals surface area contributed by atoms with E-state index in [4.69, 9.17) is 0 Å². The molecule has 0 saturated heterocycles. The minimum absolute atomic E-state index is 0.0988. The Labute approximate surface area is 85.5 Å². The lowest BCUT2D eigenvalue weighted by molar-refractivity contribution is -0.119. The highest BCUT2D eigenvalue weighted by Crippen LogP contribution is 2.09. The van der Waals surface area contributed by atoms with E-state index < -0.39 is 12.4 Å². The van der Waals surface area contributed by atoms with Crippen molar-refractivity contribution in [2.24, 2.45) is 0 Å². The monoisotopic (exact) mass is 216 g/mol. The number of nitrogens with one attached hydrogen (secondary N) is 1. The summed E-state index contributed by atoms with van der Waals surface area (Å²) in [5.74, 6) is -0.222. The lowest BCUT2D eigenvalue weighted by atomic mass is 9.80. The third-order valence-corrected chi connectivity index (χ3v) is 2.00. The van der Waals surface area contributed by atoms with Gasteiger partial charge in [0.1, 0.15) is 0 Å². The van der Waals surface area contributed by atoms with Gasteiger partial charge in [0.2, 0.25) is 5.91 Å². The Hall–Kier alpha value is -1.46. The van der Waals surface area contributed by atoms with Crippen molar-refractivity contribution in [2.75, 3.05) is 7.05 Å². The number of amides is 1. The van der Waals surface area contributed by atoms with Gasteiger partial charge in [0.25, 0.3) is 0 Å². The van der Waals surface area contributed by atoms with E-state index in [-0.39, 0.29) is 12.3 Å². The molecule has 2 nitrogen and oxygen atoms in total. The number of benzene rings is 1. The van der Waals surface area contributed by atoms with Crippen molar-refractivity contribution in [1.29, 1.82) is 0 Å². The molecule has 82 valence electrons. The molecule has 0 aliphatic rings. The summed E-state index contributed by atoms with van der Waals surface area (Å²) in [6.45, 7) is -4.95. The summed E-state index contributed by atoms with van der Waals surface area (Å²) in [5.41, 5.74) is -0.0752. The normalized spacial score (nSPS) is 11.2. The number of carbonyl (C=O) groups excluding carboxylic acids is 1. The number of hydrogen-bond acceptors (Lipinski definition) is 1. The van der Waals surface area contributed by atoms with E-state index in [1.54, 1.807) is 0 Å². The van der Waals surface area contributed by atoms with Crippen molar-refractivity contribution in [3.05, 3.63) is 29.8 Å². The molecule has 6 heteroatoms. The van der Waals surface area contributed by atoms with Crippen LogP contribution in [0.4, 0.5) is 12.9 Å².